The fraction of sp³-hybridized carbons (Fsp3) is 1.00. The number of nitrogens with one attached hydrogen (secondary N) is 1. The first-order valence-electron chi connectivity index (χ1n) is 3.12. The minimum atomic E-state index is -0.0463. The molecule has 2 atom stereocenters. The topological polar surface area (TPSA) is 15.3 Å². The zero-order chi connectivity index (χ0) is 7.28. The molecule has 0 fully saturated rings. The molecule has 0 aromatic rings. The second kappa shape index (κ2) is 5.56. The summed E-state index contributed by atoms with van der Waals surface area (Å²) < 4.78 is 2.45. The fourth-order valence-electron chi connectivity index (χ4n) is 0.641. The number of hydrogen-bond acceptors (Lipinski definition) is 2. The smallest absolute Gasteiger partial charge is 0.0365 e. The third kappa shape index (κ3) is 3.47. The monoisotopic (exact) mass is 166 g/mol. The van der Waals surface area contributed by atoms with Crippen LogP contribution in [0.25, 0.3) is 0 Å². The highest BCUT2D eigenvalue weighted by molar-refractivity contribution is 7.61. The van der Waals surface area contributed by atoms with Crippen LogP contribution in [0.15, 0.2) is 0 Å². The Labute approximate surface area is 61.1 Å². The van der Waals surface area contributed by atoms with E-state index in [1.165, 1.54) is 0 Å². The Morgan fingerprint density at radius 1 is 1.67 bits per heavy atom. The maximum absolute atomic E-state index is 3.26. The first-order chi connectivity index (χ1) is 4.26. The van der Waals surface area contributed by atoms with E-state index in [0.717, 1.165) is 15.3 Å². The van der Waals surface area contributed by atoms with Crippen LogP contribution in [0.3, 0.4) is 0 Å². The van der Waals surface area contributed by atoms with Gasteiger partial charge in [-0.3, -0.25) is 9.53 Å². The van der Waals surface area contributed by atoms with Gasteiger partial charge in [-0.25, -0.2) is 0 Å². The van der Waals surface area contributed by atoms with Crippen LogP contribution < -0.4 is 5.09 Å². The second-order valence-electron chi connectivity index (χ2n) is 1.69. The van der Waals surface area contributed by atoms with Gasteiger partial charge in [-0.1, -0.05) is 6.92 Å². The molecule has 0 aliphatic heterocycles. The highest BCUT2D eigenvalue weighted by Gasteiger charge is 2.04. The van der Waals surface area contributed by atoms with E-state index >= 15 is 0 Å². The summed E-state index contributed by atoms with van der Waals surface area (Å²) >= 11 is 0. The molecule has 0 bridgehead atoms. The van der Waals surface area contributed by atoms with Crippen molar-refractivity contribution in [2.75, 3.05) is 26.9 Å². The van der Waals surface area contributed by atoms with Crippen molar-refractivity contribution in [3.8, 4) is 0 Å². The Kier molecular flexibility index (Phi) is 6.04. The van der Waals surface area contributed by atoms with Crippen LogP contribution in [0.1, 0.15) is 6.92 Å². The summed E-state index contributed by atoms with van der Waals surface area (Å²) in [5.74, 6) is 0. The quantitative estimate of drug-likeness (QED) is 0.639. The maximum atomic E-state index is 3.26. The average Bonchev–Trinajstić information content (AvgIpc) is 1.90. The van der Waals surface area contributed by atoms with Crippen LogP contribution in [0.5, 0.6) is 0 Å². The standard InChI is InChI=1S/C5H16N2P2/c1-5-7(8-3)9(4)6-2/h6,8H,5H2,1-4H3. The molecule has 0 aliphatic carbocycles. The van der Waals surface area contributed by atoms with E-state index in [2.05, 4.69) is 29.8 Å². The molecule has 2 unspecified atom stereocenters. The van der Waals surface area contributed by atoms with Crippen LogP contribution in [-0.2, 0) is 0 Å². The van der Waals surface area contributed by atoms with Gasteiger partial charge in [-0.15, -0.1) is 0 Å². The van der Waals surface area contributed by atoms with Crippen molar-refractivity contribution in [1.82, 2.24) is 9.53 Å². The summed E-state index contributed by atoms with van der Waals surface area (Å²) in [6.45, 7) is 7.83. The predicted molar refractivity (Wildman–Crippen MR) is 48.5 cm³/mol. The Balaban J connectivity index is 3.50. The van der Waals surface area contributed by atoms with Crippen molar-refractivity contribution < 1.29 is 0 Å². The number of rotatable bonds is 4. The molecule has 0 aromatic carbocycles. The van der Waals surface area contributed by atoms with E-state index in [1.807, 2.05) is 7.05 Å². The molecule has 0 aromatic heterocycles. The Morgan fingerprint density at radius 2 is 2.22 bits per heavy atom. The first kappa shape index (κ1) is 9.78. The highest BCUT2D eigenvalue weighted by Crippen LogP contribution is 2.38. The van der Waals surface area contributed by atoms with Gasteiger partial charge in [0.25, 0.3) is 0 Å². The van der Waals surface area contributed by atoms with Crippen molar-refractivity contribution >= 4 is 17.0 Å². The first-order valence-corrected chi connectivity index (χ1v) is 6.31. The summed E-state index contributed by atoms with van der Waals surface area (Å²) in [7, 11) is 2.91. The SMILES string of the molecule is CCN(PC)P(C)NC. The van der Waals surface area contributed by atoms with Crippen molar-refractivity contribution in [1.29, 1.82) is 0 Å². The molecule has 0 rings (SSSR count). The van der Waals surface area contributed by atoms with Crippen LogP contribution in [0, 0.1) is 0 Å². The molecule has 9 heavy (non-hydrogen) atoms. The lowest BCUT2D eigenvalue weighted by Crippen LogP contribution is -2.13. The molecule has 0 amide bonds. The summed E-state index contributed by atoms with van der Waals surface area (Å²) in [6, 6.07) is 0. The average molecular weight is 166 g/mol. The van der Waals surface area contributed by atoms with E-state index in [1.54, 1.807) is 0 Å². The number of nitrogens with zero attached hydrogens (tertiary/aromatic N) is 1. The Hall–Kier alpha value is 0.780. The summed E-state index contributed by atoms with van der Waals surface area (Å²) in [6.07, 6.45) is 0. The lowest BCUT2D eigenvalue weighted by atomic mass is 10.8. The highest BCUT2D eigenvalue weighted by atomic mass is 31.2. The largest absolute Gasteiger partial charge is 0.287 e. The number of hydrogen-bond donors (Lipinski definition) is 1. The maximum Gasteiger partial charge on any atom is 0.0365 e. The molecule has 2 nitrogen and oxygen atoms in total. The van der Waals surface area contributed by atoms with Gasteiger partial charge in [-0.2, -0.15) is 0 Å². The molecule has 0 spiro atoms. The molecule has 0 saturated carbocycles. The zero-order valence-electron chi connectivity index (χ0n) is 6.60. The van der Waals surface area contributed by atoms with E-state index in [9.17, 15) is 0 Å². The minimum Gasteiger partial charge on any atom is -0.287 e. The van der Waals surface area contributed by atoms with Crippen molar-refractivity contribution in [2.24, 2.45) is 0 Å². The molecule has 0 heterocycles. The fourth-order valence-corrected chi connectivity index (χ4v) is 3.12. The predicted octanol–water partition coefficient (Wildman–Crippen LogP) is 1.69. The molecular formula is C5H16N2P2. The third-order valence-corrected chi connectivity index (χ3v) is 5.23. The molecule has 56 valence electrons. The van der Waals surface area contributed by atoms with Crippen molar-refractivity contribution in [3.63, 3.8) is 0 Å². The van der Waals surface area contributed by atoms with Crippen molar-refractivity contribution in [3.05, 3.63) is 0 Å². The molecule has 4 heteroatoms. The third-order valence-electron chi connectivity index (χ3n) is 1.24. The summed E-state index contributed by atoms with van der Waals surface area (Å²) in [5, 5.41) is 3.26. The summed E-state index contributed by atoms with van der Waals surface area (Å²) in [5.41, 5.74) is 0. The normalized spacial score (nSPS) is 15.7. The zero-order valence-corrected chi connectivity index (χ0v) is 8.50. The van der Waals surface area contributed by atoms with Crippen LogP contribution >= 0.6 is 17.0 Å². The van der Waals surface area contributed by atoms with Gasteiger partial charge in [0.05, 0.1) is 0 Å². The van der Waals surface area contributed by atoms with E-state index in [-0.39, 0.29) is 8.22 Å². The van der Waals surface area contributed by atoms with Gasteiger partial charge in [-0.05, 0) is 29.1 Å². The molecule has 0 saturated heterocycles. The van der Waals surface area contributed by atoms with E-state index in [0.29, 0.717) is 0 Å². The van der Waals surface area contributed by atoms with Gasteiger partial charge in [0, 0.05) is 14.8 Å². The molecule has 0 aliphatic rings. The minimum absolute atomic E-state index is 0.0463. The van der Waals surface area contributed by atoms with E-state index < -0.39 is 0 Å². The van der Waals surface area contributed by atoms with Crippen molar-refractivity contribution in [2.45, 2.75) is 6.92 Å². The molecular weight excluding hydrogens is 150 g/mol. The van der Waals surface area contributed by atoms with Gasteiger partial charge in [0.15, 0.2) is 0 Å². The van der Waals surface area contributed by atoms with Gasteiger partial charge in [0.2, 0.25) is 0 Å². The van der Waals surface area contributed by atoms with E-state index in [4.69, 9.17) is 0 Å². The van der Waals surface area contributed by atoms with Gasteiger partial charge >= 0.3 is 0 Å². The lowest BCUT2D eigenvalue weighted by Gasteiger charge is -2.24. The van der Waals surface area contributed by atoms with Gasteiger partial charge in [0.1, 0.15) is 0 Å². The lowest BCUT2D eigenvalue weighted by molar-refractivity contribution is 0.749. The van der Waals surface area contributed by atoms with Gasteiger partial charge < -0.3 is 0 Å². The molecule has 1 N–H and O–H groups in total. The molecule has 0 radical (unpaired) electrons. The summed E-state index contributed by atoms with van der Waals surface area (Å²) in [4.78, 5) is 0. The second-order valence-corrected chi connectivity index (χ2v) is 5.03. The Morgan fingerprint density at radius 3 is 2.33 bits per heavy atom. The Bertz CT molecular complexity index is 66.0. The van der Waals surface area contributed by atoms with Crippen LogP contribution in [-0.4, -0.2) is 31.4 Å². The van der Waals surface area contributed by atoms with Crippen LogP contribution in [0.4, 0.5) is 0 Å². The van der Waals surface area contributed by atoms with Crippen LogP contribution in [0.2, 0.25) is 0 Å².